The van der Waals surface area contributed by atoms with Gasteiger partial charge in [-0.1, -0.05) is 131 Å². The van der Waals surface area contributed by atoms with Crippen LogP contribution in [-0.2, 0) is 38.9 Å². The molecule has 0 aliphatic carbocycles. The molecule has 21 nitrogen and oxygen atoms in total. The number of nitrogens with zero attached hydrogens (tertiary/aromatic N) is 8. The molecule has 0 radical (unpaired) electrons. The molecule has 0 spiro atoms. The second-order valence-corrected chi connectivity index (χ2v) is 26.1. The Morgan fingerprint density at radius 2 is 0.882 bits per heavy atom. The fourth-order valence-electron chi connectivity index (χ4n) is 13.8. The minimum absolute atomic E-state index is 0. The van der Waals surface area contributed by atoms with Crippen LogP contribution in [0, 0.1) is 23.3 Å². The summed E-state index contributed by atoms with van der Waals surface area (Å²) in [7, 11) is 0. The Kier molecular flexibility index (Phi) is 21.1. The lowest BCUT2D eigenvalue weighted by Crippen LogP contribution is -2.66. The van der Waals surface area contributed by atoms with E-state index in [2.05, 4.69) is 5.43 Å². The Balaban J connectivity index is 0.000000147. The highest BCUT2D eigenvalue weighted by Gasteiger charge is 2.49. The van der Waals surface area contributed by atoms with Crippen LogP contribution in [0.5, 0.6) is 17.2 Å². The third-order valence-corrected chi connectivity index (χ3v) is 20.7. The largest absolute Gasteiger partial charge is 0.502 e. The Bertz CT molecular complexity index is 4860. The third kappa shape index (κ3) is 12.9. The standard InChI is InChI=1S/C31H25F2N3O4S.C24H19F2N3O4S.C17H17N3O4.3CH4/c32-23-11-10-20-22(27(23)33)18-41-25-9-5-4-8-21(25)28(20)36-26-17-39-15-14-34(26)31(38)29-30(24(37)12-13-35(29)36)40-16-19-6-2-1-3-7-19;25-16-6-5-13-15(20(16)26)12-34-18-4-2-1-3-14(18)21(13)29-19-11-33-10-9-27(19)24(32)22-23(31)17(30)7-8-28(22)29;21-13-6-7-20-15(16(13)24-10-12-4-2-1-3-5-12)17(22)19-8-9-23-11-14(19)18-20;;;/h1-13,26,28H,14-18H2;1-8,19,21,31H,9-12H2;1-7,14,18H,8-11H2;3*1H4/t26-,28+;19-,21+;14-;;;/m110.../s1. The fourth-order valence-corrected chi connectivity index (χ4v) is 16.0. The van der Waals surface area contributed by atoms with Gasteiger partial charge in [0.05, 0.1) is 51.7 Å². The number of ether oxygens (including phenoxy) is 5. The van der Waals surface area contributed by atoms with Gasteiger partial charge < -0.3 is 48.9 Å². The van der Waals surface area contributed by atoms with Gasteiger partial charge in [0, 0.05) is 88.8 Å². The van der Waals surface area contributed by atoms with Crippen LogP contribution in [0.15, 0.2) is 194 Å². The second kappa shape index (κ2) is 30.1. The highest BCUT2D eigenvalue weighted by molar-refractivity contribution is 7.98. The van der Waals surface area contributed by atoms with Crippen molar-refractivity contribution in [3.8, 4) is 17.2 Å². The lowest BCUT2D eigenvalue weighted by molar-refractivity contribution is -0.0199. The zero-order valence-corrected chi connectivity index (χ0v) is 54.2. The molecule has 17 rings (SSSR count). The molecule has 0 saturated carbocycles. The summed E-state index contributed by atoms with van der Waals surface area (Å²) in [6.07, 6.45) is 3.13. The van der Waals surface area contributed by atoms with Crippen LogP contribution < -0.4 is 41.2 Å². The number of rotatable bonds is 8. The average Bonchev–Trinajstić information content (AvgIpc) is 1.09. The summed E-state index contributed by atoms with van der Waals surface area (Å²) < 4.78 is 92.5. The molecule has 8 aliphatic heterocycles. The molecule has 2 N–H and O–H groups in total. The molecule has 8 aliphatic rings. The first-order valence-electron chi connectivity index (χ1n) is 31.9. The smallest absolute Gasteiger partial charge is 0.278 e. The molecule has 3 amide bonds. The first-order chi connectivity index (χ1) is 48.2. The van der Waals surface area contributed by atoms with Crippen molar-refractivity contribution in [2.45, 2.75) is 87.4 Å². The normalized spacial score (nSPS) is 19.5. The number of pyridine rings is 3. The molecule has 9 aromatic rings. The first-order valence-corrected chi connectivity index (χ1v) is 33.9. The number of hydrogen-bond acceptors (Lipinski definition) is 17. The van der Waals surface area contributed by atoms with Crippen molar-refractivity contribution in [3.05, 3.63) is 286 Å². The quantitative estimate of drug-likeness (QED) is 0.135. The van der Waals surface area contributed by atoms with E-state index in [1.807, 2.05) is 119 Å². The van der Waals surface area contributed by atoms with E-state index in [0.717, 1.165) is 44.2 Å². The molecule has 6 aromatic carbocycles. The zero-order valence-electron chi connectivity index (χ0n) is 52.6. The molecule has 11 heterocycles. The molecule has 27 heteroatoms. The van der Waals surface area contributed by atoms with Crippen molar-refractivity contribution in [3.63, 3.8) is 0 Å². The number of aromatic hydroxyl groups is 1. The summed E-state index contributed by atoms with van der Waals surface area (Å²) in [5, 5.41) is 14.3. The number of carbonyl (C=O) groups excluding carboxylic acids is 3. The van der Waals surface area contributed by atoms with Crippen molar-refractivity contribution >= 4 is 41.2 Å². The molecule has 530 valence electrons. The molecule has 3 fully saturated rings. The fraction of sp³-hybridized carbons (Fsp3) is 0.280. The predicted octanol–water partition coefficient (Wildman–Crippen LogP) is 10.5. The summed E-state index contributed by atoms with van der Waals surface area (Å²) in [5.41, 5.74) is 7.04. The summed E-state index contributed by atoms with van der Waals surface area (Å²) in [6, 6.07) is 42.3. The van der Waals surface area contributed by atoms with Gasteiger partial charge in [-0.15, -0.1) is 23.5 Å². The van der Waals surface area contributed by atoms with Gasteiger partial charge in [-0.2, -0.15) is 0 Å². The molecular weight excluding hydrogens is 1360 g/mol. The van der Waals surface area contributed by atoms with E-state index < -0.39 is 70.2 Å². The van der Waals surface area contributed by atoms with E-state index in [4.69, 9.17) is 23.7 Å². The maximum Gasteiger partial charge on any atom is 0.278 e. The lowest BCUT2D eigenvalue weighted by atomic mass is 9.93. The number of fused-ring (bicyclic) bond motifs is 10. The van der Waals surface area contributed by atoms with E-state index in [-0.39, 0.29) is 130 Å². The Labute approximate surface area is 592 Å². The van der Waals surface area contributed by atoms with Crippen LogP contribution in [0.1, 0.15) is 110 Å². The number of carbonyl (C=O) groups is 3. The maximum absolute atomic E-state index is 15.3. The summed E-state index contributed by atoms with van der Waals surface area (Å²) in [6.45, 7) is 3.28. The van der Waals surface area contributed by atoms with Crippen LogP contribution >= 0.6 is 23.5 Å². The summed E-state index contributed by atoms with van der Waals surface area (Å²) in [5.74, 6) is -4.85. The minimum Gasteiger partial charge on any atom is -0.502 e. The van der Waals surface area contributed by atoms with E-state index in [0.29, 0.717) is 50.6 Å². The van der Waals surface area contributed by atoms with Gasteiger partial charge in [-0.3, -0.25) is 52.8 Å². The average molecular weight is 1430 g/mol. The van der Waals surface area contributed by atoms with Crippen molar-refractivity contribution in [2.24, 2.45) is 0 Å². The predicted molar refractivity (Wildman–Crippen MR) is 377 cm³/mol. The molecule has 3 saturated heterocycles. The van der Waals surface area contributed by atoms with Crippen molar-refractivity contribution in [1.82, 2.24) is 28.7 Å². The number of hydrogen-bond donors (Lipinski definition) is 2. The van der Waals surface area contributed by atoms with Crippen LogP contribution in [0.25, 0.3) is 0 Å². The highest BCUT2D eigenvalue weighted by atomic mass is 32.2. The molecule has 0 unspecified atom stereocenters. The number of thioether (sulfide) groups is 2. The second-order valence-electron chi connectivity index (χ2n) is 24.1. The van der Waals surface area contributed by atoms with E-state index in [1.165, 1.54) is 52.6 Å². The van der Waals surface area contributed by atoms with Crippen molar-refractivity contribution in [1.29, 1.82) is 0 Å². The first kappa shape index (κ1) is 71.5. The summed E-state index contributed by atoms with van der Waals surface area (Å²) >= 11 is 2.84. The SMILES string of the molecule is C.C.C.O=C1c2c(O)c(=O)ccn2N([C@@H]2c3ccccc3SCc3c2ccc(F)c3F)[C@@H]2COCCN12.O=C1c2c(OCc3ccccc3)c(=O)ccn2N([C@@H]2c3ccccc3SCc3c2ccc(F)c3F)[C@@H]2COCCN12.O=C1c2c(OCc3ccccc3)c(=O)ccn2N[C@@H]2COCCN12. The molecular formula is C75H73F4N9O12S2. The van der Waals surface area contributed by atoms with Gasteiger partial charge in [-0.25, -0.2) is 17.6 Å². The number of amides is 3. The third-order valence-electron chi connectivity index (χ3n) is 18.5. The van der Waals surface area contributed by atoms with Gasteiger partial charge in [0.1, 0.15) is 31.7 Å². The zero-order chi connectivity index (χ0) is 68.2. The molecule has 0 bridgehead atoms. The lowest BCUT2D eigenvalue weighted by Gasteiger charge is -2.51. The van der Waals surface area contributed by atoms with Gasteiger partial charge in [0.25, 0.3) is 17.7 Å². The van der Waals surface area contributed by atoms with Crippen LogP contribution in [0.4, 0.5) is 17.6 Å². The monoisotopic (exact) mass is 1430 g/mol. The van der Waals surface area contributed by atoms with Gasteiger partial charge in [0.15, 0.2) is 57.6 Å². The van der Waals surface area contributed by atoms with Crippen LogP contribution in [0.3, 0.4) is 0 Å². The number of benzene rings is 6. The van der Waals surface area contributed by atoms with E-state index in [1.54, 1.807) is 48.6 Å². The minimum atomic E-state index is -0.929. The van der Waals surface area contributed by atoms with Crippen LogP contribution in [0.2, 0.25) is 0 Å². The van der Waals surface area contributed by atoms with Crippen molar-refractivity contribution in [2.75, 3.05) is 74.7 Å². The van der Waals surface area contributed by atoms with Gasteiger partial charge in [-0.05, 0) is 57.6 Å². The Hall–Kier alpha value is -10.3. The number of halogens is 4. The van der Waals surface area contributed by atoms with E-state index >= 15 is 8.78 Å². The molecule has 102 heavy (non-hydrogen) atoms. The topological polar surface area (TPSA) is 212 Å². The van der Waals surface area contributed by atoms with Crippen molar-refractivity contribution < 1.29 is 60.7 Å². The maximum atomic E-state index is 15.3. The van der Waals surface area contributed by atoms with E-state index in [9.17, 15) is 42.7 Å². The highest BCUT2D eigenvalue weighted by Crippen LogP contribution is 2.48. The Morgan fingerprint density at radius 1 is 0.461 bits per heavy atom. The van der Waals surface area contributed by atoms with Gasteiger partial charge in [0.2, 0.25) is 16.3 Å². The number of aromatic nitrogens is 3. The van der Waals surface area contributed by atoms with Gasteiger partial charge >= 0.3 is 0 Å². The number of nitrogens with one attached hydrogen (secondary N) is 1. The van der Waals surface area contributed by atoms with Crippen LogP contribution in [-0.4, -0.2) is 129 Å². The molecule has 5 atom stereocenters. The number of morpholine rings is 3. The summed E-state index contributed by atoms with van der Waals surface area (Å²) in [4.78, 5) is 84.5. The Morgan fingerprint density at radius 3 is 1.40 bits per heavy atom. The molecule has 3 aromatic heterocycles.